The minimum Gasteiger partial charge on any atom is -0.379 e. The van der Waals surface area contributed by atoms with Crippen molar-refractivity contribution >= 4 is 16.9 Å². The lowest BCUT2D eigenvalue weighted by Crippen LogP contribution is -2.41. The van der Waals surface area contributed by atoms with E-state index in [-0.39, 0.29) is 11.9 Å². The van der Waals surface area contributed by atoms with Crippen LogP contribution < -0.4 is 5.32 Å². The molecule has 3 heterocycles. The quantitative estimate of drug-likeness (QED) is 0.680. The van der Waals surface area contributed by atoms with Crippen molar-refractivity contribution in [1.29, 1.82) is 0 Å². The maximum Gasteiger partial charge on any atom is 0.252 e. The molecule has 158 valence electrons. The van der Waals surface area contributed by atoms with Crippen molar-refractivity contribution in [2.24, 2.45) is 0 Å². The van der Waals surface area contributed by atoms with Crippen LogP contribution in [0, 0.1) is 6.92 Å². The summed E-state index contributed by atoms with van der Waals surface area (Å²) in [6.07, 6.45) is 1.75. The highest BCUT2D eigenvalue weighted by Gasteiger charge is 2.19. The van der Waals surface area contributed by atoms with Crippen LogP contribution in [0.3, 0.4) is 0 Å². The number of rotatable bonds is 6. The number of hydrogen-bond acceptors (Lipinski definition) is 5. The molecule has 3 aromatic rings. The molecule has 0 unspecified atom stereocenters. The SMILES string of the molecule is Cc1ccccc1-c1cc(C(=O)NCCN2CCOCC2)c2cnn(C(C)C)c2n1. The van der Waals surface area contributed by atoms with E-state index >= 15 is 0 Å². The van der Waals surface area contributed by atoms with Gasteiger partial charge in [0.05, 0.1) is 36.1 Å². The summed E-state index contributed by atoms with van der Waals surface area (Å²) in [6.45, 7) is 10.9. The Hall–Kier alpha value is -2.77. The van der Waals surface area contributed by atoms with Gasteiger partial charge in [-0.25, -0.2) is 9.67 Å². The smallest absolute Gasteiger partial charge is 0.252 e. The van der Waals surface area contributed by atoms with Crippen LogP contribution in [-0.2, 0) is 4.74 Å². The number of morpholine rings is 1. The third-order valence-corrected chi connectivity index (χ3v) is 5.54. The van der Waals surface area contributed by atoms with E-state index in [1.165, 1.54) is 0 Å². The average molecular weight is 408 g/mol. The Morgan fingerprint density at radius 2 is 2.00 bits per heavy atom. The van der Waals surface area contributed by atoms with E-state index in [1.807, 2.05) is 28.9 Å². The summed E-state index contributed by atoms with van der Waals surface area (Å²) in [5.41, 5.74) is 4.30. The Balaban J connectivity index is 1.65. The fourth-order valence-corrected chi connectivity index (χ4v) is 3.83. The number of amides is 1. The highest BCUT2D eigenvalue weighted by Crippen LogP contribution is 2.28. The largest absolute Gasteiger partial charge is 0.379 e. The zero-order valence-corrected chi connectivity index (χ0v) is 17.9. The van der Waals surface area contributed by atoms with Crippen LogP contribution in [0.2, 0.25) is 0 Å². The van der Waals surface area contributed by atoms with E-state index in [1.54, 1.807) is 6.20 Å². The van der Waals surface area contributed by atoms with Crippen LogP contribution in [-0.4, -0.2) is 65.0 Å². The molecule has 4 rings (SSSR count). The molecule has 0 atom stereocenters. The molecule has 1 aromatic carbocycles. The van der Waals surface area contributed by atoms with E-state index in [9.17, 15) is 4.79 Å². The Kier molecular flexibility index (Phi) is 6.11. The van der Waals surface area contributed by atoms with Gasteiger partial charge >= 0.3 is 0 Å². The Morgan fingerprint density at radius 1 is 1.23 bits per heavy atom. The number of pyridine rings is 1. The predicted molar refractivity (Wildman–Crippen MR) is 118 cm³/mol. The number of carbonyl (C=O) groups excluding carboxylic acids is 1. The van der Waals surface area contributed by atoms with Gasteiger partial charge in [-0.3, -0.25) is 9.69 Å². The van der Waals surface area contributed by atoms with Crippen LogP contribution >= 0.6 is 0 Å². The minimum atomic E-state index is -0.0891. The first kappa shape index (κ1) is 20.5. The average Bonchev–Trinajstić information content (AvgIpc) is 3.18. The van der Waals surface area contributed by atoms with Gasteiger partial charge in [0, 0.05) is 37.8 Å². The third kappa shape index (κ3) is 4.22. The first-order valence-corrected chi connectivity index (χ1v) is 10.6. The van der Waals surface area contributed by atoms with E-state index in [0.717, 1.165) is 60.7 Å². The maximum absolute atomic E-state index is 13.1. The number of ether oxygens (including phenoxy) is 1. The third-order valence-electron chi connectivity index (χ3n) is 5.54. The predicted octanol–water partition coefficient (Wildman–Crippen LogP) is 3.05. The van der Waals surface area contributed by atoms with Gasteiger partial charge in [-0.2, -0.15) is 5.10 Å². The summed E-state index contributed by atoms with van der Waals surface area (Å²) in [4.78, 5) is 20.3. The van der Waals surface area contributed by atoms with Gasteiger partial charge in [0.25, 0.3) is 5.91 Å². The molecule has 1 aliphatic heterocycles. The fraction of sp³-hybridized carbons (Fsp3) is 0.435. The number of hydrogen-bond donors (Lipinski definition) is 1. The first-order chi connectivity index (χ1) is 14.5. The number of aryl methyl sites for hydroxylation is 1. The lowest BCUT2D eigenvalue weighted by atomic mass is 10.0. The van der Waals surface area contributed by atoms with Crippen LogP contribution in [0.5, 0.6) is 0 Å². The molecule has 0 saturated carbocycles. The van der Waals surface area contributed by atoms with E-state index in [4.69, 9.17) is 9.72 Å². The van der Waals surface area contributed by atoms with Gasteiger partial charge in [0.2, 0.25) is 0 Å². The second kappa shape index (κ2) is 8.93. The van der Waals surface area contributed by atoms with Crippen molar-refractivity contribution in [1.82, 2.24) is 25.0 Å². The van der Waals surface area contributed by atoms with Crippen molar-refractivity contribution in [3.63, 3.8) is 0 Å². The van der Waals surface area contributed by atoms with Crippen molar-refractivity contribution in [3.8, 4) is 11.3 Å². The number of nitrogens with one attached hydrogen (secondary N) is 1. The summed E-state index contributed by atoms with van der Waals surface area (Å²) in [6, 6.07) is 10.1. The van der Waals surface area contributed by atoms with Crippen molar-refractivity contribution in [2.45, 2.75) is 26.8 Å². The van der Waals surface area contributed by atoms with Gasteiger partial charge < -0.3 is 10.1 Å². The molecule has 0 aliphatic carbocycles. The molecule has 30 heavy (non-hydrogen) atoms. The van der Waals surface area contributed by atoms with E-state index in [0.29, 0.717) is 12.1 Å². The molecule has 1 saturated heterocycles. The lowest BCUT2D eigenvalue weighted by molar-refractivity contribution is 0.0383. The van der Waals surface area contributed by atoms with Gasteiger partial charge in [-0.15, -0.1) is 0 Å². The topological polar surface area (TPSA) is 72.3 Å². The van der Waals surface area contributed by atoms with Crippen molar-refractivity contribution in [3.05, 3.63) is 47.7 Å². The van der Waals surface area contributed by atoms with Gasteiger partial charge in [0.15, 0.2) is 5.65 Å². The molecule has 1 fully saturated rings. The normalized spacial score (nSPS) is 15.1. The molecule has 0 radical (unpaired) electrons. The van der Waals surface area contributed by atoms with Gasteiger partial charge in [0.1, 0.15) is 0 Å². The zero-order valence-electron chi connectivity index (χ0n) is 17.9. The monoisotopic (exact) mass is 407 g/mol. The lowest BCUT2D eigenvalue weighted by Gasteiger charge is -2.26. The van der Waals surface area contributed by atoms with Crippen LogP contribution in [0.4, 0.5) is 0 Å². The second-order valence-corrected chi connectivity index (χ2v) is 8.00. The molecule has 7 heteroatoms. The summed E-state index contributed by atoms with van der Waals surface area (Å²) < 4.78 is 7.26. The Morgan fingerprint density at radius 3 is 2.73 bits per heavy atom. The number of nitrogens with zero attached hydrogens (tertiary/aromatic N) is 4. The molecule has 1 N–H and O–H groups in total. The van der Waals surface area contributed by atoms with Crippen molar-refractivity contribution in [2.75, 3.05) is 39.4 Å². The standard InChI is InChI=1S/C23H29N5O2/c1-16(2)28-22-20(15-25-28)19(14-21(26-22)18-7-5-4-6-17(18)3)23(29)24-8-9-27-10-12-30-13-11-27/h4-7,14-16H,8-13H2,1-3H3,(H,24,29). The van der Waals surface area contributed by atoms with E-state index in [2.05, 4.69) is 42.2 Å². The molecule has 0 spiro atoms. The molecule has 1 aliphatic rings. The van der Waals surface area contributed by atoms with Gasteiger partial charge in [-0.1, -0.05) is 24.3 Å². The maximum atomic E-state index is 13.1. The Bertz CT molecular complexity index is 1040. The summed E-state index contributed by atoms with van der Waals surface area (Å²) in [7, 11) is 0. The van der Waals surface area contributed by atoms with Crippen molar-refractivity contribution < 1.29 is 9.53 Å². The highest BCUT2D eigenvalue weighted by atomic mass is 16.5. The molecular formula is C23H29N5O2. The molecule has 0 bridgehead atoms. The summed E-state index contributed by atoms with van der Waals surface area (Å²) in [5.74, 6) is -0.0891. The number of fused-ring (bicyclic) bond motifs is 1. The molecule has 7 nitrogen and oxygen atoms in total. The zero-order chi connectivity index (χ0) is 21.1. The van der Waals surface area contributed by atoms with E-state index < -0.39 is 0 Å². The second-order valence-electron chi connectivity index (χ2n) is 8.00. The first-order valence-electron chi connectivity index (χ1n) is 10.6. The Labute approximate surface area is 177 Å². The number of aromatic nitrogens is 3. The number of carbonyl (C=O) groups is 1. The molecule has 1 amide bonds. The van der Waals surface area contributed by atoms with Crippen LogP contribution in [0.1, 0.15) is 35.8 Å². The molecular weight excluding hydrogens is 378 g/mol. The minimum absolute atomic E-state index is 0.0891. The highest BCUT2D eigenvalue weighted by molar-refractivity contribution is 6.06. The molecule has 2 aromatic heterocycles. The van der Waals surface area contributed by atoms with Crippen LogP contribution in [0.25, 0.3) is 22.3 Å². The summed E-state index contributed by atoms with van der Waals surface area (Å²) in [5, 5.41) is 8.37. The fourth-order valence-electron chi connectivity index (χ4n) is 3.83. The van der Waals surface area contributed by atoms with Crippen LogP contribution in [0.15, 0.2) is 36.5 Å². The van der Waals surface area contributed by atoms with Gasteiger partial charge in [-0.05, 0) is 32.4 Å². The summed E-state index contributed by atoms with van der Waals surface area (Å²) >= 11 is 0. The number of benzene rings is 1.